The number of amides is 2. The number of hydrogen-bond donors (Lipinski definition) is 2. The Kier molecular flexibility index (Phi) is 3.88. The van der Waals surface area contributed by atoms with Crippen molar-refractivity contribution in [3.05, 3.63) is 17.8 Å². The molecule has 3 aliphatic rings. The van der Waals surface area contributed by atoms with E-state index < -0.39 is 0 Å². The Morgan fingerprint density at radius 3 is 2.96 bits per heavy atom. The highest BCUT2D eigenvalue weighted by Gasteiger charge is 2.37. The molecule has 4 heterocycles. The van der Waals surface area contributed by atoms with Gasteiger partial charge in [0.2, 0.25) is 5.91 Å². The predicted molar refractivity (Wildman–Crippen MR) is 91.1 cm³/mol. The lowest BCUT2D eigenvalue weighted by atomic mass is 9.97. The van der Waals surface area contributed by atoms with Gasteiger partial charge in [-0.05, 0) is 32.4 Å². The van der Waals surface area contributed by atoms with Crippen molar-refractivity contribution in [2.24, 2.45) is 0 Å². The number of aromatic nitrogens is 1. The van der Waals surface area contributed by atoms with Crippen LogP contribution in [0.1, 0.15) is 36.5 Å². The molecule has 2 saturated heterocycles. The summed E-state index contributed by atoms with van der Waals surface area (Å²) in [7, 11) is 0. The molecule has 2 N–H and O–H groups in total. The summed E-state index contributed by atoms with van der Waals surface area (Å²) < 4.78 is 0. The number of hydrogen-bond acceptors (Lipinski definition) is 5. The molecular formula is C17H23N5O2. The molecule has 0 aliphatic carbocycles. The van der Waals surface area contributed by atoms with Gasteiger partial charge in [-0.15, -0.1) is 0 Å². The zero-order chi connectivity index (χ0) is 16.7. The van der Waals surface area contributed by atoms with E-state index in [0.29, 0.717) is 29.2 Å². The minimum Gasteiger partial charge on any atom is -0.359 e. The summed E-state index contributed by atoms with van der Waals surface area (Å²) >= 11 is 0. The fourth-order valence-corrected chi connectivity index (χ4v) is 3.85. The summed E-state index contributed by atoms with van der Waals surface area (Å²) in [4.78, 5) is 32.8. The number of nitrogens with zero attached hydrogens (tertiary/aromatic N) is 3. The van der Waals surface area contributed by atoms with Crippen molar-refractivity contribution < 1.29 is 9.59 Å². The lowest BCUT2D eigenvalue weighted by molar-refractivity contribution is -0.114. The molecule has 4 rings (SSSR count). The molecule has 7 nitrogen and oxygen atoms in total. The average molecular weight is 329 g/mol. The van der Waals surface area contributed by atoms with Crippen molar-refractivity contribution >= 4 is 23.3 Å². The van der Waals surface area contributed by atoms with Gasteiger partial charge in [-0.25, -0.2) is 4.98 Å². The van der Waals surface area contributed by atoms with Gasteiger partial charge in [0, 0.05) is 31.4 Å². The second-order valence-electron chi connectivity index (χ2n) is 6.97. The van der Waals surface area contributed by atoms with Gasteiger partial charge in [-0.2, -0.15) is 0 Å². The van der Waals surface area contributed by atoms with Crippen LogP contribution >= 0.6 is 0 Å². The summed E-state index contributed by atoms with van der Waals surface area (Å²) in [5.74, 6) is 0.498. The van der Waals surface area contributed by atoms with Gasteiger partial charge in [0.15, 0.2) is 0 Å². The molecule has 0 bridgehead atoms. The van der Waals surface area contributed by atoms with E-state index in [2.05, 4.69) is 27.4 Å². The van der Waals surface area contributed by atoms with Crippen LogP contribution in [0, 0.1) is 0 Å². The lowest BCUT2D eigenvalue weighted by Gasteiger charge is -2.49. The molecule has 0 spiro atoms. The Balaban J connectivity index is 1.41. The molecule has 3 aliphatic heterocycles. The van der Waals surface area contributed by atoms with Gasteiger partial charge in [0.25, 0.3) is 5.91 Å². The first-order valence-corrected chi connectivity index (χ1v) is 8.70. The van der Waals surface area contributed by atoms with Gasteiger partial charge >= 0.3 is 0 Å². The Hall–Kier alpha value is -2.15. The third-order valence-electron chi connectivity index (χ3n) is 5.30. The normalized spacial score (nSPS) is 24.6. The van der Waals surface area contributed by atoms with E-state index in [-0.39, 0.29) is 18.4 Å². The van der Waals surface area contributed by atoms with Crippen LogP contribution in [0.5, 0.6) is 0 Å². The minimum absolute atomic E-state index is 0.00830. The van der Waals surface area contributed by atoms with Crippen molar-refractivity contribution in [2.45, 2.75) is 38.3 Å². The number of fused-ring (bicyclic) bond motifs is 1. The molecule has 2 amide bonds. The van der Waals surface area contributed by atoms with Crippen molar-refractivity contribution in [1.29, 1.82) is 0 Å². The van der Waals surface area contributed by atoms with Crippen molar-refractivity contribution in [1.82, 2.24) is 14.8 Å². The maximum Gasteiger partial charge on any atom is 0.255 e. The number of rotatable bonds is 2. The smallest absolute Gasteiger partial charge is 0.255 e. The minimum atomic E-state index is -0.114. The summed E-state index contributed by atoms with van der Waals surface area (Å²) in [6.07, 6.45) is 5.41. The number of piperidine rings is 1. The fourth-order valence-electron chi connectivity index (χ4n) is 3.85. The standard InChI is InChI=1S/C17H23N5O2/c1-11-4-2-3-5-22(11)13-9-21(10-13)17(24)12-6-14-16(18-7-12)19-8-15(23)20-14/h6-7,11,13H,2-5,8-10H2,1H3,(H,18,19)(H,20,23). The number of likely N-dealkylation sites (tertiary alicyclic amines) is 2. The van der Waals surface area contributed by atoms with Crippen LogP contribution in [0.4, 0.5) is 11.5 Å². The van der Waals surface area contributed by atoms with Crippen LogP contribution in [0.2, 0.25) is 0 Å². The molecule has 0 radical (unpaired) electrons. The molecule has 0 saturated carbocycles. The second kappa shape index (κ2) is 6.05. The van der Waals surface area contributed by atoms with Crippen LogP contribution < -0.4 is 10.6 Å². The van der Waals surface area contributed by atoms with Crippen LogP contribution in [-0.2, 0) is 4.79 Å². The van der Waals surface area contributed by atoms with E-state index in [9.17, 15) is 9.59 Å². The summed E-state index contributed by atoms with van der Waals surface area (Å²) in [5.41, 5.74) is 1.11. The molecule has 1 aromatic rings. The molecular weight excluding hydrogens is 306 g/mol. The van der Waals surface area contributed by atoms with E-state index in [0.717, 1.165) is 19.6 Å². The molecule has 1 unspecified atom stereocenters. The van der Waals surface area contributed by atoms with Crippen LogP contribution in [0.3, 0.4) is 0 Å². The van der Waals surface area contributed by atoms with Gasteiger partial charge in [-0.1, -0.05) is 6.42 Å². The molecule has 0 aromatic carbocycles. The number of pyridine rings is 1. The van der Waals surface area contributed by atoms with Gasteiger partial charge in [-0.3, -0.25) is 14.5 Å². The van der Waals surface area contributed by atoms with E-state index in [4.69, 9.17) is 0 Å². The topological polar surface area (TPSA) is 77.6 Å². The highest BCUT2D eigenvalue weighted by atomic mass is 16.2. The van der Waals surface area contributed by atoms with Gasteiger partial charge in [0.05, 0.1) is 17.8 Å². The molecule has 1 aromatic heterocycles. The monoisotopic (exact) mass is 329 g/mol. The lowest BCUT2D eigenvalue weighted by Crippen LogP contribution is -2.63. The van der Waals surface area contributed by atoms with Crippen molar-refractivity contribution in [3.63, 3.8) is 0 Å². The Morgan fingerprint density at radius 2 is 2.17 bits per heavy atom. The van der Waals surface area contributed by atoms with E-state index in [1.54, 1.807) is 12.3 Å². The number of nitrogens with one attached hydrogen (secondary N) is 2. The van der Waals surface area contributed by atoms with E-state index >= 15 is 0 Å². The summed E-state index contributed by atoms with van der Waals surface area (Å²) in [6, 6.07) is 2.81. The Bertz CT molecular complexity index is 671. The van der Waals surface area contributed by atoms with Crippen LogP contribution in [-0.4, -0.2) is 64.9 Å². The summed E-state index contributed by atoms with van der Waals surface area (Å²) in [6.45, 7) is 5.21. The number of anilines is 2. The predicted octanol–water partition coefficient (Wildman–Crippen LogP) is 1.14. The summed E-state index contributed by atoms with van der Waals surface area (Å²) in [5, 5.41) is 5.69. The zero-order valence-electron chi connectivity index (χ0n) is 13.9. The SMILES string of the molecule is CC1CCCCN1C1CN(C(=O)c2cnc3c(c2)NC(=O)CN3)C1. The Labute approximate surface area is 141 Å². The highest BCUT2D eigenvalue weighted by molar-refractivity contribution is 6.02. The molecule has 2 fully saturated rings. The highest BCUT2D eigenvalue weighted by Crippen LogP contribution is 2.27. The van der Waals surface area contributed by atoms with E-state index in [1.807, 2.05) is 4.90 Å². The first kappa shape index (κ1) is 15.4. The van der Waals surface area contributed by atoms with Crippen LogP contribution in [0.15, 0.2) is 12.3 Å². The second-order valence-corrected chi connectivity index (χ2v) is 6.97. The van der Waals surface area contributed by atoms with Gasteiger partial charge < -0.3 is 15.5 Å². The molecule has 1 atom stereocenters. The zero-order valence-corrected chi connectivity index (χ0v) is 13.9. The number of carbonyl (C=O) groups excluding carboxylic acids is 2. The maximum absolute atomic E-state index is 12.6. The quantitative estimate of drug-likeness (QED) is 0.851. The van der Waals surface area contributed by atoms with Gasteiger partial charge in [0.1, 0.15) is 5.82 Å². The first-order chi connectivity index (χ1) is 11.6. The van der Waals surface area contributed by atoms with E-state index in [1.165, 1.54) is 19.3 Å². The largest absolute Gasteiger partial charge is 0.359 e. The maximum atomic E-state index is 12.6. The van der Waals surface area contributed by atoms with Crippen molar-refractivity contribution in [2.75, 3.05) is 36.8 Å². The third kappa shape index (κ3) is 2.73. The Morgan fingerprint density at radius 1 is 1.33 bits per heavy atom. The van der Waals surface area contributed by atoms with Crippen LogP contribution in [0.25, 0.3) is 0 Å². The average Bonchev–Trinajstić information content (AvgIpc) is 2.54. The van der Waals surface area contributed by atoms with Crippen molar-refractivity contribution in [3.8, 4) is 0 Å². The number of carbonyl (C=O) groups is 2. The first-order valence-electron chi connectivity index (χ1n) is 8.70. The molecule has 128 valence electrons. The molecule has 24 heavy (non-hydrogen) atoms. The third-order valence-corrected chi connectivity index (χ3v) is 5.30. The molecule has 7 heteroatoms. The fraction of sp³-hybridized carbons (Fsp3) is 0.588.